The third-order valence-corrected chi connectivity index (χ3v) is 4.35. The maximum atomic E-state index is 9.07. The predicted molar refractivity (Wildman–Crippen MR) is 107 cm³/mol. The number of aromatic amines is 1. The molecule has 0 spiro atoms. The minimum atomic E-state index is 0. The van der Waals surface area contributed by atoms with Gasteiger partial charge < -0.3 is 9.72 Å². The molecule has 0 unspecified atom stereocenters. The molecule has 0 bridgehead atoms. The zero-order chi connectivity index (χ0) is 17.2. The molecule has 0 fully saturated rings. The number of H-pyrrole nitrogens is 1. The summed E-state index contributed by atoms with van der Waals surface area (Å²) in [6, 6.07) is 22.8. The van der Waals surface area contributed by atoms with Crippen LogP contribution in [-0.2, 0) is 0 Å². The Kier molecular flexibility index (Phi) is 5.18. The van der Waals surface area contributed by atoms with E-state index >= 15 is 0 Å². The Balaban J connectivity index is 0.00000196. The average molecular weight is 381 g/mol. The maximum absolute atomic E-state index is 9.07. The van der Waals surface area contributed by atoms with Crippen LogP contribution in [0, 0.1) is 11.3 Å². The lowest BCUT2D eigenvalue weighted by Gasteiger charge is -2.14. The van der Waals surface area contributed by atoms with Crippen molar-refractivity contribution in [2.24, 2.45) is 0 Å². The highest BCUT2D eigenvalue weighted by Crippen LogP contribution is 2.41. The standard InChI is InChI=1S/C21H13ClN2O.ClH/c22-18-7-3-9-20(25-15-5-1-4-14(12-15)13-23)21(18)17-6-2-8-19-16(17)10-11-24-19;/h1-12,24H;1H. The van der Waals surface area contributed by atoms with Crippen molar-refractivity contribution < 1.29 is 4.74 Å². The van der Waals surface area contributed by atoms with Gasteiger partial charge in [-0.05, 0) is 48.0 Å². The lowest BCUT2D eigenvalue weighted by Crippen LogP contribution is -1.90. The minimum absolute atomic E-state index is 0. The molecule has 0 radical (unpaired) electrons. The van der Waals surface area contributed by atoms with Crippen molar-refractivity contribution in [1.82, 2.24) is 4.98 Å². The first-order valence-electron chi connectivity index (χ1n) is 7.79. The summed E-state index contributed by atoms with van der Waals surface area (Å²) < 4.78 is 6.07. The van der Waals surface area contributed by atoms with E-state index in [0.717, 1.165) is 22.0 Å². The first kappa shape index (κ1) is 17.9. The first-order valence-corrected chi connectivity index (χ1v) is 8.17. The number of halogens is 2. The molecular formula is C21H14Cl2N2O. The summed E-state index contributed by atoms with van der Waals surface area (Å²) in [5.41, 5.74) is 3.41. The first-order chi connectivity index (χ1) is 12.3. The van der Waals surface area contributed by atoms with Crippen molar-refractivity contribution in [3.63, 3.8) is 0 Å². The van der Waals surface area contributed by atoms with E-state index in [4.69, 9.17) is 21.6 Å². The smallest absolute Gasteiger partial charge is 0.136 e. The molecule has 26 heavy (non-hydrogen) atoms. The Morgan fingerprint density at radius 2 is 1.77 bits per heavy atom. The van der Waals surface area contributed by atoms with Gasteiger partial charge in [0, 0.05) is 22.7 Å². The van der Waals surface area contributed by atoms with Crippen LogP contribution in [0.15, 0.2) is 72.9 Å². The molecule has 0 saturated carbocycles. The minimum Gasteiger partial charge on any atom is -0.457 e. The van der Waals surface area contributed by atoms with Crippen molar-refractivity contribution in [2.45, 2.75) is 0 Å². The summed E-state index contributed by atoms with van der Waals surface area (Å²) in [5, 5.41) is 10.8. The van der Waals surface area contributed by atoms with Gasteiger partial charge in [-0.25, -0.2) is 0 Å². The fraction of sp³-hybridized carbons (Fsp3) is 0. The second-order valence-corrected chi connectivity index (χ2v) is 6.01. The van der Waals surface area contributed by atoms with Gasteiger partial charge in [0.2, 0.25) is 0 Å². The number of nitrogens with one attached hydrogen (secondary N) is 1. The maximum Gasteiger partial charge on any atom is 0.136 e. The molecule has 1 aromatic heterocycles. The van der Waals surface area contributed by atoms with Crippen LogP contribution in [0.25, 0.3) is 22.0 Å². The van der Waals surface area contributed by atoms with Crippen LogP contribution in [0.1, 0.15) is 5.56 Å². The molecule has 0 aliphatic heterocycles. The second kappa shape index (κ2) is 7.53. The summed E-state index contributed by atoms with van der Waals surface area (Å²) in [4.78, 5) is 3.21. The number of rotatable bonds is 3. The van der Waals surface area contributed by atoms with Crippen LogP contribution in [0.2, 0.25) is 5.02 Å². The van der Waals surface area contributed by atoms with Crippen LogP contribution in [0.4, 0.5) is 0 Å². The fourth-order valence-corrected chi connectivity index (χ4v) is 3.18. The monoisotopic (exact) mass is 380 g/mol. The van der Waals surface area contributed by atoms with E-state index in [2.05, 4.69) is 11.1 Å². The largest absolute Gasteiger partial charge is 0.457 e. The summed E-state index contributed by atoms with van der Waals surface area (Å²) >= 11 is 6.51. The zero-order valence-electron chi connectivity index (χ0n) is 13.6. The van der Waals surface area contributed by atoms with Crippen LogP contribution in [0.5, 0.6) is 11.5 Å². The molecule has 128 valence electrons. The van der Waals surface area contributed by atoms with E-state index in [1.165, 1.54) is 0 Å². The summed E-state index contributed by atoms with van der Waals surface area (Å²) in [6.07, 6.45) is 1.90. The number of hydrogen-bond donors (Lipinski definition) is 1. The van der Waals surface area contributed by atoms with Crippen molar-refractivity contribution in [1.29, 1.82) is 5.26 Å². The Hall–Kier alpha value is -2.93. The number of nitrogens with zero attached hydrogens (tertiary/aromatic N) is 1. The third kappa shape index (κ3) is 3.25. The summed E-state index contributed by atoms with van der Waals surface area (Å²) in [7, 11) is 0. The Labute approximate surface area is 162 Å². The third-order valence-electron chi connectivity index (χ3n) is 4.03. The molecule has 3 nitrogen and oxygen atoms in total. The number of ether oxygens (including phenoxy) is 1. The van der Waals surface area contributed by atoms with Gasteiger partial charge in [-0.1, -0.05) is 35.9 Å². The number of benzene rings is 3. The number of aromatic nitrogens is 1. The molecule has 1 heterocycles. The molecule has 5 heteroatoms. The van der Waals surface area contributed by atoms with Gasteiger partial charge >= 0.3 is 0 Å². The van der Waals surface area contributed by atoms with Crippen molar-refractivity contribution in [3.05, 3.63) is 83.5 Å². The number of fused-ring (bicyclic) bond motifs is 1. The number of nitriles is 1. The quantitative estimate of drug-likeness (QED) is 0.436. The van der Waals surface area contributed by atoms with Gasteiger partial charge in [-0.2, -0.15) is 5.26 Å². The summed E-state index contributed by atoms with van der Waals surface area (Å²) in [6.45, 7) is 0. The second-order valence-electron chi connectivity index (χ2n) is 5.60. The SMILES string of the molecule is Cl.N#Cc1cccc(Oc2cccc(Cl)c2-c2cccc3[nH]ccc23)c1. The average Bonchev–Trinajstić information content (AvgIpc) is 3.11. The molecule has 0 aliphatic carbocycles. The molecule has 0 saturated heterocycles. The normalized spacial score (nSPS) is 10.2. The van der Waals surface area contributed by atoms with Gasteiger partial charge in [0.1, 0.15) is 11.5 Å². The lowest BCUT2D eigenvalue weighted by molar-refractivity contribution is 0.484. The molecular weight excluding hydrogens is 367 g/mol. The van der Waals surface area contributed by atoms with Gasteiger partial charge in [0.05, 0.1) is 16.7 Å². The van der Waals surface area contributed by atoms with E-state index in [1.54, 1.807) is 18.2 Å². The van der Waals surface area contributed by atoms with E-state index < -0.39 is 0 Å². The zero-order valence-corrected chi connectivity index (χ0v) is 15.1. The van der Waals surface area contributed by atoms with E-state index in [0.29, 0.717) is 22.1 Å². The molecule has 4 rings (SSSR count). The van der Waals surface area contributed by atoms with E-state index in [1.807, 2.05) is 54.7 Å². The van der Waals surface area contributed by atoms with Crippen LogP contribution < -0.4 is 4.74 Å². The van der Waals surface area contributed by atoms with Crippen molar-refractivity contribution in [3.8, 4) is 28.7 Å². The van der Waals surface area contributed by atoms with E-state index in [9.17, 15) is 0 Å². The highest BCUT2D eigenvalue weighted by molar-refractivity contribution is 6.34. The predicted octanol–water partition coefficient (Wildman–Crippen LogP) is 6.57. The van der Waals surface area contributed by atoms with Gasteiger partial charge in [-0.3, -0.25) is 0 Å². The topological polar surface area (TPSA) is 48.8 Å². The highest BCUT2D eigenvalue weighted by Gasteiger charge is 2.15. The van der Waals surface area contributed by atoms with Crippen LogP contribution >= 0.6 is 24.0 Å². The van der Waals surface area contributed by atoms with Crippen LogP contribution in [-0.4, -0.2) is 4.98 Å². The van der Waals surface area contributed by atoms with E-state index in [-0.39, 0.29) is 12.4 Å². The highest BCUT2D eigenvalue weighted by atomic mass is 35.5. The van der Waals surface area contributed by atoms with Crippen LogP contribution in [0.3, 0.4) is 0 Å². The number of hydrogen-bond acceptors (Lipinski definition) is 2. The molecule has 4 aromatic rings. The molecule has 0 atom stereocenters. The molecule has 0 aliphatic rings. The lowest BCUT2D eigenvalue weighted by atomic mass is 10.0. The Morgan fingerprint density at radius 1 is 0.962 bits per heavy atom. The van der Waals surface area contributed by atoms with Gasteiger partial charge in [-0.15, -0.1) is 12.4 Å². The fourth-order valence-electron chi connectivity index (χ4n) is 2.91. The van der Waals surface area contributed by atoms with Gasteiger partial charge in [0.15, 0.2) is 0 Å². The molecule has 3 aromatic carbocycles. The van der Waals surface area contributed by atoms with Crippen molar-refractivity contribution in [2.75, 3.05) is 0 Å². The molecule has 0 amide bonds. The Morgan fingerprint density at radius 3 is 2.62 bits per heavy atom. The van der Waals surface area contributed by atoms with Gasteiger partial charge in [0.25, 0.3) is 0 Å². The van der Waals surface area contributed by atoms with Crippen molar-refractivity contribution >= 4 is 34.9 Å². The molecule has 1 N–H and O–H groups in total. The Bertz CT molecular complexity index is 1110. The summed E-state index contributed by atoms with van der Waals surface area (Å²) in [5.74, 6) is 1.25.